The maximum Gasteiger partial charge on any atom is 0.150 e. The molecule has 1 aromatic heterocycles. The van der Waals surface area contributed by atoms with E-state index in [1.165, 1.54) is 11.1 Å². The molecular formula is C16H22N2O. The number of hydrogen-bond acceptors (Lipinski definition) is 3. The van der Waals surface area contributed by atoms with Gasteiger partial charge in [-0.25, -0.2) is 0 Å². The highest BCUT2D eigenvalue weighted by Crippen LogP contribution is 2.18. The lowest BCUT2D eigenvalue weighted by Gasteiger charge is -2.16. The van der Waals surface area contributed by atoms with E-state index in [0.717, 1.165) is 30.8 Å². The standard InChI is InChI=1S/C16H22N2O/c1-4-13-6-8-14(9-7-13)16(5-2)17-11-15-10-12(3)18-19-15/h6-10,16-17H,4-5,11H2,1-3H3. The first kappa shape index (κ1) is 13.8. The molecule has 1 unspecified atom stereocenters. The third-order valence-electron chi connectivity index (χ3n) is 3.40. The molecule has 0 radical (unpaired) electrons. The van der Waals surface area contributed by atoms with Crippen LogP contribution >= 0.6 is 0 Å². The highest BCUT2D eigenvalue weighted by Gasteiger charge is 2.10. The van der Waals surface area contributed by atoms with Crippen molar-refractivity contribution in [3.63, 3.8) is 0 Å². The molecule has 0 fully saturated rings. The smallest absolute Gasteiger partial charge is 0.150 e. The van der Waals surface area contributed by atoms with Gasteiger partial charge in [0.1, 0.15) is 0 Å². The zero-order valence-corrected chi connectivity index (χ0v) is 11.9. The number of aryl methyl sites for hydroxylation is 2. The fourth-order valence-corrected chi connectivity index (χ4v) is 2.21. The maximum absolute atomic E-state index is 5.22. The summed E-state index contributed by atoms with van der Waals surface area (Å²) in [6, 6.07) is 11.2. The molecule has 1 heterocycles. The number of benzene rings is 1. The predicted octanol–water partition coefficient (Wildman–Crippen LogP) is 3.79. The minimum Gasteiger partial charge on any atom is -0.360 e. The van der Waals surface area contributed by atoms with Crippen LogP contribution < -0.4 is 5.32 Å². The molecule has 102 valence electrons. The number of nitrogens with zero attached hydrogens (tertiary/aromatic N) is 1. The molecule has 3 nitrogen and oxygen atoms in total. The van der Waals surface area contributed by atoms with E-state index in [-0.39, 0.29) is 0 Å². The third kappa shape index (κ3) is 3.67. The Hall–Kier alpha value is -1.61. The Bertz CT molecular complexity index is 502. The Kier molecular flexibility index (Phi) is 4.74. The van der Waals surface area contributed by atoms with Gasteiger partial charge in [-0.1, -0.05) is 43.3 Å². The Morgan fingerprint density at radius 2 is 1.95 bits per heavy atom. The van der Waals surface area contributed by atoms with Crippen molar-refractivity contribution in [3.8, 4) is 0 Å². The van der Waals surface area contributed by atoms with Gasteiger partial charge in [-0.3, -0.25) is 0 Å². The first-order valence-corrected chi connectivity index (χ1v) is 6.97. The molecule has 0 amide bonds. The SMILES string of the molecule is CCc1ccc(C(CC)NCc2cc(C)no2)cc1. The second-order valence-electron chi connectivity index (χ2n) is 4.87. The molecule has 2 aromatic rings. The highest BCUT2D eigenvalue weighted by molar-refractivity contribution is 5.25. The molecular weight excluding hydrogens is 236 g/mol. The van der Waals surface area contributed by atoms with E-state index in [4.69, 9.17) is 4.52 Å². The van der Waals surface area contributed by atoms with Gasteiger partial charge in [-0.2, -0.15) is 0 Å². The van der Waals surface area contributed by atoms with Crippen LogP contribution in [0.4, 0.5) is 0 Å². The van der Waals surface area contributed by atoms with Crippen LogP contribution in [0.2, 0.25) is 0 Å². The quantitative estimate of drug-likeness (QED) is 0.856. The normalized spacial score (nSPS) is 12.6. The summed E-state index contributed by atoms with van der Waals surface area (Å²) >= 11 is 0. The predicted molar refractivity (Wildman–Crippen MR) is 76.9 cm³/mol. The molecule has 0 spiro atoms. The number of hydrogen-bond donors (Lipinski definition) is 1. The minimum absolute atomic E-state index is 0.358. The van der Waals surface area contributed by atoms with Crippen LogP contribution in [-0.4, -0.2) is 5.16 Å². The molecule has 0 saturated carbocycles. The van der Waals surface area contributed by atoms with E-state index in [9.17, 15) is 0 Å². The fraction of sp³-hybridized carbons (Fsp3) is 0.438. The van der Waals surface area contributed by atoms with Crippen LogP contribution in [0.15, 0.2) is 34.9 Å². The fourth-order valence-electron chi connectivity index (χ4n) is 2.21. The first-order valence-electron chi connectivity index (χ1n) is 6.97. The minimum atomic E-state index is 0.358. The van der Waals surface area contributed by atoms with Gasteiger partial charge in [-0.05, 0) is 30.9 Å². The number of aromatic nitrogens is 1. The van der Waals surface area contributed by atoms with Gasteiger partial charge >= 0.3 is 0 Å². The molecule has 0 bridgehead atoms. The van der Waals surface area contributed by atoms with Crippen LogP contribution in [0, 0.1) is 6.92 Å². The van der Waals surface area contributed by atoms with Crippen molar-refractivity contribution in [2.24, 2.45) is 0 Å². The molecule has 2 rings (SSSR count). The average molecular weight is 258 g/mol. The zero-order valence-electron chi connectivity index (χ0n) is 11.9. The van der Waals surface area contributed by atoms with Crippen molar-refractivity contribution in [1.82, 2.24) is 10.5 Å². The second-order valence-corrected chi connectivity index (χ2v) is 4.87. The van der Waals surface area contributed by atoms with E-state index >= 15 is 0 Å². The van der Waals surface area contributed by atoms with Crippen molar-refractivity contribution in [1.29, 1.82) is 0 Å². The lowest BCUT2D eigenvalue weighted by molar-refractivity contribution is 0.359. The molecule has 1 atom stereocenters. The number of rotatable bonds is 6. The maximum atomic E-state index is 5.22. The largest absolute Gasteiger partial charge is 0.360 e. The van der Waals surface area contributed by atoms with E-state index in [1.54, 1.807) is 0 Å². The van der Waals surface area contributed by atoms with E-state index in [1.807, 2.05) is 13.0 Å². The summed E-state index contributed by atoms with van der Waals surface area (Å²) in [6.45, 7) is 7.02. The topological polar surface area (TPSA) is 38.1 Å². The monoisotopic (exact) mass is 258 g/mol. The summed E-state index contributed by atoms with van der Waals surface area (Å²) in [5, 5.41) is 7.42. The van der Waals surface area contributed by atoms with Crippen molar-refractivity contribution >= 4 is 0 Å². The van der Waals surface area contributed by atoms with Crippen LogP contribution in [0.3, 0.4) is 0 Å². The lowest BCUT2D eigenvalue weighted by atomic mass is 10.0. The van der Waals surface area contributed by atoms with Crippen LogP contribution in [-0.2, 0) is 13.0 Å². The molecule has 1 aromatic carbocycles. The average Bonchev–Trinajstić information content (AvgIpc) is 2.86. The summed E-state index contributed by atoms with van der Waals surface area (Å²) in [4.78, 5) is 0. The third-order valence-corrected chi connectivity index (χ3v) is 3.40. The van der Waals surface area contributed by atoms with Gasteiger partial charge in [0.2, 0.25) is 0 Å². The van der Waals surface area contributed by atoms with Gasteiger partial charge in [0, 0.05) is 12.1 Å². The van der Waals surface area contributed by atoms with Crippen LogP contribution in [0.5, 0.6) is 0 Å². The van der Waals surface area contributed by atoms with Crippen molar-refractivity contribution in [3.05, 3.63) is 52.9 Å². The molecule has 19 heavy (non-hydrogen) atoms. The highest BCUT2D eigenvalue weighted by atomic mass is 16.5. The van der Waals surface area contributed by atoms with E-state index in [0.29, 0.717) is 6.04 Å². The summed E-state index contributed by atoms with van der Waals surface area (Å²) in [6.07, 6.45) is 2.14. The van der Waals surface area contributed by atoms with Crippen LogP contribution in [0.1, 0.15) is 48.9 Å². The molecule has 0 saturated heterocycles. The first-order chi connectivity index (χ1) is 9.22. The molecule has 0 aliphatic heterocycles. The summed E-state index contributed by atoms with van der Waals surface area (Å²) in [5.41, 5.74) is 3.64. The molecule has 0 aliphatic carbocycles. The van der Waals surface area contributed by atoms with Gasteiger partial charge < -0.3 is 9.84 Å². The Balaban J connectivity index is 1.98. The van der Waals surface area contributed by atoms with Crippen molar-refractivity contribution in [2.75, 3.05) is 0 Å². The Morgan fingerprint density at radius 3 is 2.47 bits per heavy atom. The molecule has 3 heteroatoms. The summed E-state index contributed by atoms with van der Waals surface area (Å²) in [7, 11) is 0. The molecule has 0 aliphatic rings. The van der Waals surface area contributed by atoms with Crippen molar-refractivity contribution in [2.45, 2.75) is 46.2 Å². The van der Waals surface area contributed by atoms with E-state index < -0.39 is 0 Å². The molecule has 1 N–H and O–H groups in total. The van der Waals surface area contributed by atoms with Gasteiger partial charge in [0.15, 0.2) is 5.76 Å². The van der Waals surface area contributed by atoms with Crippen LogP contribution in [0.25, 0.3) is 0 Å². The summed E-state index contributed by atoms with van der Waals surface area (Å²) < 4.78 is 5.22. The van der Waals surface area contributed by atoms with E-state index in [2.05, 4.69) is 48.6 Å². The lowest BCUT2D eigenvalue weighted by Crippen LogP contribution is -2.20. The number of nitrogens with one attached hydrogen (secondary N) is 1. The van der Waals surface area contributed by atoms with Gasteiger partial charge in [0.05, 0.1) is 12.2 Å². The van der Waals surface area contributed by atoms with Gasteiger partial charge in [0.25, 0.3) is 0 Å². The summed E-state index contributed by atoms with van der Waals surface area (Å²) in [5.74, 6) is 0.890. The zero-order chi connectivity index (χ0) is 13.7. The van der Waals surface area contributed by atoms with Gasteiger partial charge in [-0.15, -0.1) is 0 Å². The van der Waals surface area contributed by atoms with Crippen molar-refractivity contribution < 1.29 is 4.52 Å². The second kappa shape index (κ2) is 6.53. The Morgan fingerprint density at radius 1 is 1.21 bits per heavy atom. The Labute approximate surface area is 115 Å².